The molecule has 1 fully saturated rings. The molecular formula is C13H12ClNO3S. The van der Waals surface area contributed by atoms with Crippen LogP contribution < -0.4 is 0 Å². The van der Waals surface area contributed by atoms with Gasteiger partial charge in [0.25, 0.3) is 0 Å². The lowest BCUT2D eigenvalue weighted by molar-refractivity contribution is -0.125. The Kier molecular flexibility index (Phi) is 2.91. The molecule has 0 radical (unpaired) electrons. The second-order valence-electron chi connectivity index (χ2n) is 4.77. The van der Waals surface area contributed by atoms with Crippen molar-refractivity contribution in [1.82, 2.24) is 4.90 Å². The van der Waals surface area contributed by atoms with E-state index in [1.807, 2.05) is 0 Å². The molecule has 1 aromatic rings. The maximum Gasteiger partial charge on any atom is 0.227 e. The second-order valence-corrected chi connectivity index (χ2v) is 6.85. The van der Waals surface area contributed by atoms with Gasteiger partial charge in [0.2, 0.25) is 15.7 Å². The van der Waals surface area contributed by atoms with Crippen LogP contribution in [0.25, 0.3) is 5.70 Å². The Hall–Kier alpha value is -1.33. The Morgan fingerprint density at radius 2 is 2.05 bits per heavy atom. The van der Waals surface area contributed by atoms with Crippen LogP contribution in [0.1, 0.15) is 12.0 Å². The Balaban J connectivity index is 2.06. The molecule has 0 N–H and O–H groups in total. The number of rotatable bonds is 2. The summed E-state index contributed by atoms with van der Waals surface area (Å²) < 4.78 is 24.1. The number of nitrogens with zero attached hydrogens (tertiary/aromatic N) is 1. The smallest absolute Gasteiger partial charge is 0.227 e. The minimum absolute atomic E-state index is 0.0659. The average Bonchev–Trinajstić information content (AvgIpc) is 2.89. The SMILES string of the molecule is O=C1CC(CCl)CN1C1=CS(=O)(=O)c2ccccc21. The molecule has 4 nitrogen and oxygen atoms in total. The molecule has 0 aliphatic carbocycles. The predicted octanol–water partition coefficient (Wildman–Crippen LogP) is 1.86. The topological polar surface area (TPSA) is 54.5 Å². The third-order valence-corrected chi connectivity index (χ3v) is 5.39. The molecule has 0 spiro atoms. The van der Waals surface area contributed by atoms with Gasteiger partial charge in [-0.1, -0.05) is 18.2 Å². The predicted molar refractivity (Wildman–Crippen MR) is 72.1 cm³/mol. The van der Waals surface area contributed by atoms with Gasteiger partial charge in [-0.15, -0.1) is 11.6 Å². The molecule has 3 rings (SSSR count). The summed E-state index contributed by atoms with van der Waals surface area (Å²) in [6.45, 7) is 0.484. The number of alkyl halides is 1. The van der Waals surface area contributed by atoms with Crippen molar-refractivity contribution >= 4 is 33.0 Å². The molecule has 0 saturated carbocycles. The molecule has 100 valence electrons. The van der Waals surface area contributed by atoms with Gasteiger partial charge in [0.05, 0.1) is 16.0 Å². The first-order valence-electron chi connectivity index (χ1n) is 5.95. The van der Waals surface area contributed by atoms with Crippen LogP contribution in [0.4, 0.5) is 0 Å². The van der Waals surface area contributed by atoms with Gasteiger partial charge in [-0.25, -0.2) is 8.42 Å². The first kappa shape index (κ1) is 12.7. The molecule has 19 heavy (non-hydrogen) atoms. The van der Waals surface area contributed by atoms with Crippen LogP contribution >= 0.6 is 11.6 Å². The maximum atomic E-state index is 12.0. The number of carbonyl (C=O) groups excluding carboxylic acids is 1. The quantitative estimate of drug-likeness (QED) is 0.783. The minimum atomic E-state index is -3.43. The molecular weight excluding hydrogens is 286 g/mol. The molecule has 2 heterocycles. The Morgan fingerprint density at radius 1 is 1.32 bits per heavy atom. The van der Waals surface area contributed by atoms with E-state index in [0.717, 1.165) is 0 Å². The Morgan fingerprint density at radius 3 is 2.74 bits per heavy atom. The largest absolute Gasteiger partial charge is 0.311 e. The van der Waals surface area contributed by atoms with Crippen LogP contribution in [0.3, 0.4) is 0 Å². The fourth-order valence-electron chi connectivity index (χ4n) is 2.53. The molecule has 1 saturated heterocycles. The number of halogens is 1. The molecule has 2 aliphatic heterocycles. The van der Waals surface area contributed by atoms with Gasteiger partial charge in [0.15, 0.2) is 0 Å². The summed E-state index contributed by atoms with van der Waals surface area (Å²) in [7, 11) is -3.43. The summed E-state index contributed by atoms with van der Waals surface area (Å²) in [5.74, 6) is 0.429. The molecule has 0 bridgehead atoms. The number of fused-ring (bicyclic) bond motifs is 1. The number of carbonyl (C=O) groups is 1. The van der Waals surface area contributed by atoms with E-state index in [2.05, 4.69) is 0 Å². The third-order valence-electron chi connectivity index (χ3n) is 3.45. The van der Waals surface area contributed by atoms with Gasteiger partial charge in [0, 0.05) is 24.4 Å². The number of hydrogen-bond donors (Lipinski definition) is 0. The van der Waals surface area contributed by atoms with Crippen molar-refractivity contribution in [3.05, 3.63) is 35.2 Å². The summed E-state index contributed by atoms with van der Waals surface area (Å²) in [6, 6.07) is 6.74. The first-order valence-corrected chi connectivity index (χ1v) is 8.03. The Labute approximate surface area is 116 Å². The molecule has 1 amide bonds. The van der Waals surface area contributed by atoms with Crippen molar-refractivity contribution in [2.45, 2.75) is 11.3 Å². The van der Waals surface area contributed by atoms with E-state index in [1.165, 1.54) is 10.3 Å². The van der Waals surface area contributed by atoms with E-state index >= 15 is 0 Å². The average molecular weight is 298 g/mol. The lowest BCUT2D eigenvalue weighted by atomic mass is 10.1. The summed E-state index contributed by atoms with van der Waals surface area (Å²) in [5, 5.41) is 1.19. The van der Waals surface area contributed by atoms with Crippen molar-refractivity contribution in [3.8, 4) is 0 Å². The van der Waals surface area contributed by atoms with Crippen LogP contribution in [0.15, 0.2) is 34.6 Å². The molecule has 1 aromatic carbocycles. The van der Waals surface area contributed by atoms with E-state index in [9.17, 15) is 13.2 Å². The number of amides is 1. The van der Waals surface area contributed by atoms with Gasteiger partial charge < -0.3 is 4.90 Å². The molecule has 1 atom stereocenters. The summed E-state index contributed by atoms with van der Waals surface area (Å²) in [6.07, 6.45) is 0.378. The molecule has 1 unspecified atom stereocenters. The zero-order chi connectivity index (χ0) is 13.6. The van der Waals surface area contributed by atoms with E-state index in [1.54, 1.807) is 24.3 Å². The number of likely N-dealkylation sites (tertiary alicyclic amines) is 1. The zero-order valence-electron chi connectivity index (χ0n) is 10.0. The van der Waals surface area contributed by atoms with Gasteiger partial charge in [0.1, 0.15) is 0 Å². The Bertz CT molecular complexity index is 681. The van der Waals surface area contributed by atoms with Crippen LogP contribution in [-0.2, 0) is 14.6 Å². The van der Waals surface area contributed by atoms with Crippen molar-refractivity contribution in [3.63, 3.8) is 0 Å². The first-order chi connectivity index (χ1) is 9.03. The molecule has 6 heteroatoms. The fourth-order valence-corrected chi connectivity index (χ4v) is 4.16. The highest BCUT2D eigenvalue weighted by molar-refractivity contribution is 7.95. The van der Waals surface area contributed by atoms with Crippen LogP contribution in [0.5, 0.6) is 0 Å². The van der Waals surface area contributed by atoms with Crippen molar-refractivity contribution in [1.29, 1.82) is 0 Å². The number of hydrogen-bond acceptors (Lipinski definition) is 3. The fraction of sp³-hybridized carbons (Fsp3) is 0.308. The van der Waals surface area contributed by atoms with Crippen molar-refractivity contribution < 1.29 is 13.2 Å². The summed E-state index contributed by atoms with van der Waals surface area (Å²) in [4.78, 5) is 13.8. The van der Waals surface area contributed by atoms with Gasteiger partial charge in [-0.2, -0.15) is 0 Å². The number of benzene rings is 1. The number of sulfone groups is 1. The maximum absolute atomic E-state index is 12.0. The highest BCUT2D eigenvalue weighted by Crippen LogP contribution is 2.38. The standard InChI is InChI=1S/C13H12ClNO3S/c14-6-9-5-13(16)15(7-9)11-8-19(17,18)12-4-2-1-3-10(11)12/h1-4,8-9H,5-7H2. The third kappa shape index (κ3) is 1.97. The molecule has 2 aliphatic rings. The summed E-state index contributed by atoms with van der Waals surface area (Å²) in [5.41, 5.74) is 1.08. The van der Waals surface area contributed by atoms with E-state index in [-0.39, 0.29) is 16.7 Å². The van der Waals surface area contributed by atoms with Crippen LogP contribution in [0, 0.1) is 5.92 Å². The van der Waals surface area contributed by atoms with Gasteiger partial charge >= 0.3 is 0 Å². The van der Waals surface area contributed by atoms with Crippen LogP contribution in [0.2, 0.25) is 0 Å². The lowest BCUT2D eigenvalue weighted by Gasteiger charge is -2.18. The highest BCUT2D eigenvalue weighted by atomic mass is 35.5. The van der Waals surface area contributed by atoms with E-state index in [0.29, 0.717) is 30.1 Å². The van der Waals surface area contributed by atoms with Crippen LogP contribution in [-0.4, -0.2) is 31.6 Å². The summed E-state index contributed by atoms with van der Waals surface area (Å²) >= 11 is 5.78. The lowest BCUT2D eigenvalue weighted by Crippen LogP contribution is -2.23. The second kappa shape index (κ2) is 4.35. The monoisotopic (exact) mass is 297 g/mol. The molecule has 0 aromatic heterocycles. The van der Waals surface area contributed by atoms with Crippen molar-refractivity contribution in [2.24, 2.45) is 5.92 Å². The van der Waals surface area contributed by atoms with Gasteiger partial charge in [-0.05, 0) is 12.0 Å². The van der Waals surface area contributed by atoms with Gasteiger partial charge in [-0.3, -0.25) is 4.79 Å². The van der Waals surface area contributed by atoms with E-state index < -0.39 is 9.84 Å². The van der Waals surface area contributed by atoms with E-state index in [4.69, 9.17) is 11.6 Å². The zero-order valence-corrected chi connectivity index (χ0v) is 11.6. The minimum Gasteiger partial charge on any atom is -0.311 e. The normalized spacial score (nSPS) is 24.5. The highest BCUT2D eigenvalue weighted by Gasteiger charge is 2.37. The van der Waals surface area contributed by atoms with Crippen molar-refractivity contribution in [2.75, 3.05) is 12.4 Å².